The molecule has 1 amide bonds. The number of amides is 1. The molecule has 0 saturated heterocycles. The minimum Gasteiger partial charge on any atom is -0.458 e. The van der Waals surface area contributed by atoms with E-state index in [1.165, 1.54) is 6.08 Å². The molecule has 3 rings (SSSR count). The van der Waals surface area contributed by atoms with Crippen molar-refractivity contribution >= 4 is 23.5 Å². The highest BCUT2D eigenvalue weighted by Crippen LogP contribution is 2.40. The van der Waals surface area contributed by atoms with Gasteiger partial charge < -0.3 is 9.64 Å². The molecule has 150 valence electrons. The van der Waals surface area contributed by atoms with Gasteiger partial charge in [-0.2, -0.15) is 0 Å². The van der Waals surface area contributed by atoms with Crippen LogP contribution in [0.15, 0.2) is 72.5 Å². The zero-order chi connectivity index (χ0) is 21.0. The first-order valence-corrected chi connectivity index (χ1v) is 9.89. The van der Waals surface area contributed by atoms with Crippen LogP contribution in [0.4, 0.5) is 0 Å². The quantitative estimate of drug-likeness (QED) is 0.488. The molecule has 29 heavy (non-hydrogen) atoms. The number of aryl methyl sites for hydroxylation is 1. The summed E-state index contributed by atoms with van der Waals surface area (Å²) in [5.74, 6) is -0.940. The topological polar surface area (TPSA) is 46.6 Å². The summed E-state index contributed by atoms with van der Waals surface area (Å²) in [6, 6.07) is 15.3. The van der Waals surface area contributed by atoms with Crippen molar-refractivity contribution in [2.45, 2.75) is 32.7 Å². The first-order valence-electron chi connectivity index (χ1n) is 9.51. The fourth-order valence-electron chi connectivity index (χ4n) is 3.58. The highest BCUT2D eigenvalue weighted by molar-refractivity contribution is 6.31. The van der Waals surface area contributed by atoms with Gasteiger partial charge in [0.25, 0.3) is 0 Å². The number of carbonyl (C=O) groups excluding carboxylic acids is 2. The highest BCUT2D eigenvalue weighted by Gasteiger charge is 2.37. The number of esters is 1. The second kappa shape index (κ2) is 9.10. The third-order valence-electron chi connectivity index (χ3n) is 5.12. The Labute approximate surface area is 176 Å². The average molecular weight is 410 g/mol. The van der Waals surface area contributed by atoms with Crippen molar-refractivity contribution in [3.05, 3.63) is 94.2 Å². The Morgan fingerprint density at radius 2 is 1.90 bits per heavy atom. The van der Waals surface area contributed by atoms with E-state index in [0.717, 1.165) is 16.7 Å². The van der Waals surface area contributed by atoms with Gasteiger partial charge in [0.05, 0.1) is 12.1 Å². The van der Waals surface area contributed by atoms with E-state index >= 15 is 0 Å². The van der Waals surface area contributed by atoms with Crippen LogP contribution in [0.25, 0.3) is 0 Å². The first-order chi connectivity index (χ1) is 13.9. The monoisotopic (exact) mass is 409 g/mol. The molecular weight excluding hydrogens is 386 g/mol. The van der Waals surface area contributed by atoms with Gasteiger partial charge in [0, 0.05) is 23.1 Å². The molecule has 0 radical (unpaired) electrons. The van der Waals surface area contributed by atoms with Crippen molar-refractivity contribution in [2.24, 2.45) is 0 Å². The van der Waals surface area contributed by atoms with E-state index in [1.54, 1.807) is 17.9 Å². The summed E-state index contributed by atoms with van der Waals surface area (Å²) in [6.07, 6.45) is 1.68. The van der Waals surface area contributed by atoms with Crippen LogP contribution in [0.3, 0.4) is 0 Å². The normalized spacial score (nSPS) is 16.7. The Morgan fingerprint density at radius 1 is 1.21 bits per heavy atom. The third kappa shape index (κ3) is 4.60. The minimum absolute atomic E-state index is 0.0479. The van der Waals surface area contributed by atoms with E-state index in [2.05, 4.69) is 6.58 Å². The number of hydrogen-bond donors (Lipinski definition) is 0. The minimum atomic E-state index is -0.450. The van der Waals surface area contributed by atoms with E-state index in [0.29, 0.717) is 22.8 Å². The SMILES string of the molecule is C=CCOC(=O)C1=C(C)N(Cc2ccc(C)cc2)C(=O)CC1c1ccccc1Cl. The maximum absolute atomic E-state index is 13.0. The van der Waals surface area contributed by atoms with E-state index in [9.17, 15) is 9.59 Å². The van der Waals surface area contributed by atoms with E-state index in [4.69, 9.17) is 16.3 Å². The van der Waals surface area contributed by atoms with Crippen molar-refractivity contribution in [1.29, 1.82) is 0 Å². The van der Waals surface area contributed by atoms with E-state index in [1.807, 2.05) is 49.4 Å². The van der Waals surface area contributed by atoms with Gasteiger partial charge in [-0.15, -0.1) is 0 Å². The molecule has 1 atom stereocenters. The molecule has 2 aromatic rings. The van der Waals surface area contributed by atoms with Gasteiger partial charge in [-0.05, 0) is 31.0 Å². The van der Waals surface area contributed by atoms with Gasteiger partial charge in [0.15, 0.2) is 0 Å². The molecule has 0 N–H and O–H groups in total. The zero-order valence-corrected chi connectivity index (χ0v) is 17.4. The van der Waals surface area contributed by atoms with Crippen molar-refractivity contribution < 1.29 is 14.3 Å². The lowest BCUT2D eigenvalue weighted by Gasteiger charge is -2.34. The van der Waals surface area contributed by atoms with Crippen LogP contribution in [0, 0.1) is 6.92 Å². The predicted octanol–water partition coefficient (Wildman–Crippen LogP) is 5.17. The standard InChI is InChI=1S/C24H24ClNO3/c1-4-13-29-24(28)23-17(3)26(15-18-11-9-16(2)10-12-18)22(27)14-20(23)19-7-5-6-8-21(19)25/h4-12,20H,1,13-15H2,2-3H3. The highest BCUT2D eigenvalue weighted by atomic mass is 35.5. The summed E-state index contributed by atoms with van der Waals surface area (Å²) in [7, 11) is 0. The number of allylic oxidation sites excluding steroid dienone is 1. The number of carbonyl (C=O) groups is 2. The second-order valence-corrected chi connectivity index (χ2v) is 7.54. The number of rotatable bonds is 6. The summed E-state index contributed by atoms with van der Waals surface area (Å²) in [5.41, 5.74) is 3.96. The number of nitrogens with zero attached hydrogens (tertiary/aromatic N) is 1. The lowest BCUT2D eigenvalue weighted by molar-refractivity contribution is -0.139. The Balaban J connectivity index is 2.03. The van der Waals surface area contributed by atoms with Crippen LogP contribution in [-0.4, -0.2) is 23.4 Å². The maximum Gasteiger partial charge on any atom is 0.336 e. The molecular formula is C24H24ClNO3. The Kier molecular flexibility index (Phi) is 6.55. The molecule has 2 aromatic carbocycles. The van der Waals surface area contributed by atoms with Gasteiger partial charge >= 0.3 is 5.97 Å². The number of hydrogen-bond acceptors (Lipinski definition) is 3. The van der Waals surface area contributed by atoms with Crippen LogP contribution < -0.4 is 0 Å². The number of benzene rings is 2. The molecule has 0 bridgehead atoms. The van der Waals surface area contributed by atoms with Crippen LogP contribution in [0.5, 0.6) is 0 Å². The molecule has 0 spiro atoms. The van der Waals surface area contributed by atoms with Crippen molar-refractivity contribution in [3.63, 3.8) is 0 Å². The molecule has 4 nitrogen and oxygen atoms in total. The Bertz CT molecular complexity index is 962. The molecule has 0 saturated carbocycles. The Morgan fingerprint density at radius 3 is 2.55 bits per heavy atom. The van der Waals surface area contributed by atoms with Crippen molar-refractivity contribution in [3.8, 4) is 0 Å². The van der Waals surface area contributed by atoms with Gasteiger partial charge in [-0.3, -0.25) is 4.79 Å². The molecule has 1 heterocycles. The lowest BCUT2D eigenvalue weighted by atomic mass is 9.83. The largest absolute Gasteiger partial charge is 0.458 e. The summed E-state index contributed by atoms with van der Waals surface area (Å²) in [6.45, 7) is 7.92. The van der Waals surface area contributed by atoms with Crippen molar-refractivity contribution in [1.82, 2.24) is 4.90 Å². The second-order valence-electron chi connectivity index (χ2n) is 7.13. The van der Waals surface area contributed by atoms with E-state index < -0.39 is 11.9 Å². The number of halogens is 1. The van der Waals surface area contributed by atoms with E-state index in [-0.39, 0.29) is 18.9 Å². The van der Waals surface area contributed by atoms with Gasteiger partial charge in [0.2, 0.25) is 5.91 Å². The van der Waals surface area contributed by atoms with Crippen molar-refractivity contribution in [2.75, 3.05) is 6.61 Å². The fourth-order valence-corrected chi connectivity index (χ4v) is 3.85. The third-order valence-corrected chi connectivity index (χ3v) is 5.46. The van der Waals surface area contributed by atoms with Gasteiger partial charge in [-0.1, -0.05) is 72.3 Å². The molecule has 1 unspecified atom stereocenters. The summed E-state index contributed by atoms with van der Waals surface area (Å²) in [4.78, 5) is 27.6. The summed E-state index contributed by atoms with van der Waals surface area (Å²) in [5, 5.41) is 0.527. The molecule has 5 heteroatoms. The zero-order valence-electron chi connectivity index (χ0n) is 16.7. The van der Waals surface area contributed by atoms with Crippen LogP contribution >= 0.6 is 11.6 Å². The van der Waals surface area contributed by atoms with Gasteiger partial charge in [-0.25, -0.2) is 4.79 Å². The summed E-state index contributed by atoms with van der Waals surface area (Å²) < 4.78 is 5.35. The van der Waals surface area contributed by atoms with Crippen LogP contribution in [0.1, 0.15) is 36.0 Å². The molecule has 0 fully saturated rings. The average Bonchev–Trinajstić information content (AvgIpc) is 2.70. The number of ether oxygens (including phenoxy) is 1. The van der Waals surface area contributed by atoms with Gasteiger partial charge in [0.1, 0.15) is 6.61 Å². The summed E-state index contributed by atoms with van der Waals surface area (Å²) >= 11 is 6.39. The molecule has 1 aliphatic rings. The Hall–Kier alpha value is -2.85. The fraction of sp³-hybridized carbons (Fsp3) is 0.250. The molecule has 1 aliphatic heterocycles. The van der Waals surface area contributed by atoms with Crippen LogP contribution in [0.2, 0.25) is 5.02 Å². The molecule has 0 aromatic heterocycles. The maximum atomic E-state index is 13.0. The predicted molar refractivity (Wildman–Crippen MR) is 114 cm³/mol. The van der Waals surface area contributed by atoms with Crippen LogP contribution in [-0.2, 0) is 20.9 Å². The smallest absolute Gasteiger partial charge is 0.336 e. The first kappa shape index (κ1) is 20.9. The lowest BCUT2D eigenvalue weighted by Crippen LogP contribution is -2.38. The molecule has 0 aliphatic carbocycles.